The maximum Gasteiger partial charge on any atom is 0.137 e. The van der Waals surface area contributed by atoms with Crippen molar-refractivity contribution in [2.45, 2.75) is 18.9 Å². The molecule has 2 rings (SSSR count). The van der Waals surface area contributed by atoms with Crippen molar-refractivity contribution in [3.63, 3.8) is 0 Å². The molecule has 2 aromatic rings. The second-order valence-corrected chi connectivity index (χ2v) is 5.27. The number of aryl methyl sites for hydroxylation is 2. The molecule has 1 heterocycles. The van der Waals surface area contributed by atoms with Crippen molar-refractivity contribution in [2.75, 3.05) is 7.05 Å². The van der Waals surface area contributed by atoms with E-state index in [1.54, 1.807) is 12.3 Å². The molecule has 0 fully saturated rings. The molecular formula is C14H17BrFN3. The SMILES string of the molecule is CNC(CCc1nccn1C)c1cccc(F)c1Br. The van der Waals surface area contributed by atoms with Crippen molar-refractivity contribution >= 4 is 15.9 Å². The van der Waals surface area contributed by atoms with Crippen LogP contribution in [-0.4, -0.2) is 16.6 Å². The summed E-state index contributed by atoms with van der Waals surface area (Å²) in [5, 5.41) is 3.23. The number of halogens is 2. The van der Waals surface area contributed by atoms with Gasteiger partial charge in [0.15, 0.2) is 0 Å². The van der Waals surface area contributed by atoms with Crippen molar-refractivity contribution < 1.29 is 4.39 Å². The molecule has 0 radical (unpaired) electrons. The minimum Gasteiger partial charge on any atom is -0.338 e. The van der Waals surface area contributed by atoms with E-state index in [1.807, 2.05) is 30.9 Å². The van der Waals surface area contributed by atoms with Crippen LogP contribution in [0.25, 0.3) is 0 Å². The molecule has 0 saturated heterocycles. The Bertz CT molecular complexity index is 553. The van der Waals surface area contributed by atoms with Gasteiger partial charge in [-0.05, 0) is 41.0 Å². The van der Waals surface area contributed by atoms with E-state index in [9.17, 15) is 4.39 Å². The van der Waals surface area contributed by atoms with Crippen LogP contribution in [-0.2, 0) is 13.5 Å². The smallest absolute Gasteiger partial charge is 0.137 e. The quantitative estimate of drug-likeness (QED) is 0.914. The molecule has 1 aromatic heterocycles. The third-order valence-electron chi connectivity index (χ3n) is 3.28. The predicted molar refractivity (Wildman–Crippen MR) is 77.4 cm³/mol. The Morgan fingerprint density at radius 2 is 2.26 bits per heavy atom. The van der Waals surface area contributed by atoms with Gasteiger partial charge in [-0.25, -0.2) is 9.37 Å². The first-order chi connectivity index (χ1) is 9.13. The summed E-state index contributed by atoms with van der Waals surface area (Å²) < 4.78 is 16.1. The van der Waals surface area contributed by atoms with Gasteiger partial charge >= 0.3 is 0 Å². The van der Waals surface area contributed by atoms with Crippen LogP contribution in [0, 0.1) is 5.82 Å². The minimum absolute atomic E-state index is 0.0989. The number of nitrogens with one attached hydrogen (secondary N) is 1. The van der Waals surface area contributed by atoms with Crippen molar-refractivity contribution in [1.82, 2.24) is 14.9 Å². The van der Waals surface area contributed by atoms with Crippen molar-refractivity contribution in [3.8, 4) is 0 Å². The minimum atomic E-state index is -0.227. The van der Waals surface area contributed by atoms with Gasteiger partial charge in [0.1, 0.15) is 11.6 Å². The fraction of sp³-hybridized carbons (Fsp3) is 0.357. The van der Waals surface area contributed by atoms with E-state index in [4.69, 9.17) is 0 Å². The van der Waals surface area contributed by atoms with Crippen LogP contribution >= 0.6 is 15.9 Å². The molecule has 1 unspecified atom stereocenters. The van der Waals surface area contributed by atoms with Crippen molar-refractivity contribution in [2.24, 2.45) is 7.05 Å². The number of hydrogen-bond donors (Lipinski definition) is 1. The highest BCUT2D eigenvalue weighted by Crippen LogP contribution is 2.28. The summed E-state index contributed by atoms with van der Waals surface area (Å²) in [6, 6.07) is 5.23. The van der Waals surface area contributed by atoms with Gasteiger partial charge < -0.3 is 9.88 Å². The summed E-state index contributed by atoms with van der Waals surface area (Å²) in [5.41, 5.74) is 0.941. The summed E-state index contributed by atoms with van der Waals surface area (Å²) >= 11 is 3.32. The van der Waals surface area contributed by atoms with E-state index in [1.165, 1.54) is 6.07 Å². The lowest BCUT2D eigenvalue weighted by Crippen LogP contribution is -2.18. The van der Waals surface area contributed by atoms with Crippen LogP contribution in [0.15, 0.2) is 35.1 Å². The Morgan fingerprint density at radius 1 is 1.47 bits per heavy atom. The van der Waals surface area contributed by atoms with Gasteiger partial charge in [0, 0.05) is 31.9 Å². The monoisotopic (exact) mass is 325 g/mol. The van der Waals surface area contributed by atoms with Crippen LogP contribution in [0.4, 0.5) is 4.39 Å². The first-order valence-electron chi connectivity index (χ1n) is 6.21. The Labute approximate surface area is 121 Å². The molecule has 0 aliphatic carbocycles. The average molecular weight is 326 g/mol. The molecule has 0 amide bonds. The number of aromatic nitrogens is 2. The summed E-state index contributed by atoms with van der Waals surface area (Å²) in [6.45, 7) is 0. The predicted octanol–water partition coefficient (Wildman–Crippen LogP) is 3.22. The zero-order valence-electron chi connectivity index (χ0n) is 11.0. The van der Waals surface area contributed by atoms with Crippen LogP contribution in [0.1, 0.15) is 23.9 Å². The number of rotatable bonds is 5. The molecule has 19 heavy (non-hydrogen) atoms. The molecule has 0 bridgehead atoms. The topological polar surface area (TPSA) is 29.9 Å². The molecule has 3 nitrogen and oxygen atoms in total. The number of benzene rings is 1. The fourth-order valence-electron chi connectivity index (χ4n) is 2.16. The molecule has 0 spiro atoms. The van der Waals surface area contributed by atoms with E-state index in [0.29, 0.717) is 4.47 Å². The van der Waals surface area contributed by atoms with E-state index < -0.39 is 0 Å². The maximum absolute atomic E-state index is 13.6. The van der Waals surface area contributed by atoms with E-state index in [0.717, 1.165) is 24.2 Å². The Kier molecular flexibility index (Phi) is 4.71. The molecule has 0 saturated carbocycles. The van der Waals surface area contributed by atoms with Crippen LogP contribution in [0.2, 0.25) is 0 Å². The molecule has 5 heteroatoms. The summed E-state index contributed by atoms with van der Waals surface area (Å²) in [4.78, 5) is 4.31. The zero-order chi connectivity index (χ0) is 13.8. The van der Waals surface area contributed by atoms with Crippen molar-refractivity contribution in [1.29, 1.82) is 0 Å². The third kappa shape index (κ3) is 3.22. The molecule has 1 N–H and O–H groups in total. The van der Waals surface area contributed by atoms with Crippen LogP contribution in [0.3, 0.4) is 0 Å². The highest BCUT2D eigenvalue weighted by atomic mass is 79.9. The fourth-order valence-corrected chi connectivity index (χ4v) is 2.70. The Hall–Kier alpha value is -1.20. The largest absolute Gasteiger partial charge is 0.338 e. The first-order valence-corrected chi connectivity index (χ1v) is 7.00. The standard InChI is InChI=1S/C14H17BrFN3/c1-17-12(6-7-13-18-8-9-19(13)2)10-4-3-5-11(16)14(10)15/h3-5,8-9,12,17H,6-7H2,1-2H3. The van der Waals surface area contributed by atoms with Gasteiger partial charge in [-0.15, -0.1) is 0 Å². The van der Waals surface area contributed by atoms with Crippen LogP contribution in [0.5, 0.6) is 0 Å². The zero-order valence-corrected chi connectivity index (χ0v) is 12.6. The second kappa shape index (κ2) is 6.30. The normalized spacial score (nSPS) is 12.6. The average Bonchev–Trinajstić information content (AvgIpc) is 2.80. The molecule has 1 atom stereocenters. The summed E-state index contributed by atoms with van der Waals surface area (Å²) in [6.07, 6.45) is 5.44. The molecular weight excluding hydrogens is 309 g/mol. The highest BCUT2D eigenvalue weighted by molar-refractivity contribution is 9.10. The van der Waals surface area contributed by atoms with Crippen LogP contribution < -0.4 is 5.32 Å². The lowest BCUT2D eigenvalue weighted by molar-refractivity contribution is 0.527. The van der Waals surface area contributed by atoms with E-state index in [-0.39, 0.29) is 11.9 Å². The Balaban J connectivity index is 2.12. The number of hydrogen-bond acceptors (Lipinski definition) is 2. The van der Waals surface area contributed by atoms with Gasteiger partial charge in [0.2, 0.25) is 0 Å². The van der Waals surface area contributed by atoms with Gasteiger partial charge in [0.05, 0.1) is 4.47 Å². The molecule has 102 valence electrons. The molecule has 1 aromatic carbocycles. The van der Waals surface area contributed by atoms with Gasteiger partial charge in [-0.2, -0.15) is 0 Å². The lowest BCUT2D eigenvalue weighted by atomic mass is 10.0. The summed E-state index contributed by atoms with van der Waals surface area (Å²) in [7, 11) is 3.87. The lowest BCUT2D eigenvalue weighted by Gasteiger charge is -2.18. The molecule has 0 aliphatic rings. The third-order valence-corrected chi connectivity index (χ3v) is 4.12. The van der Waals surface area contributed by atoms with Gasteiger partial charge in [-0.1, -0.05) is 12.1 Å². The van der Waals surface area contributed by atoms with Crippen molar-refractivity contribution in [3.05, 3.63) is 52.3 Å². The summed E-state index contributed by atoms with van der Waals surface area (Å²) in [5.74, 6) is 0.808. The molecule has 0 aliphatic heterocycles. The van der Waals surface area contributed by atoms with E-state index in [2.05, 4.69) is 26.2 Å². The van der Waals surface area contributed by atoms with Gasteiger partial charge in [-0.3, -0.25) is 0 Å². The Morgan fingerprint density at radius 3 is 2.89 bits per heavy atom. The first kappa shape index (κ1) is 14.2. The van der Waals surface area contributed by atoms with E-state index >= 15 is 0 Å². The second-order valence-electron chi connectivity index (χ2n) is 4.48. The maximum atomic E-state index is 13.6. The highest BCUT2D eigenvalue weighted by Gasteiger charge is 2.15. The number of imidazole rings is 1. The van der Waals surface area contributed by atoms with Gasteiger partial charge in [0.25, 0.3) is 0 Å². The number of nitrogens with zero attached hydrogens (tertiary/aromatic N) is 2.